The molecule has 2 aliphatic carbocycles. The Kier molecular flexibility index (Phi) is 9.87. The third-order valence-corrected chi connectivity index (χ3v) is 7.43. The molecule has 0 saturated heterocycles. The van der Waals surface area contributed by atoms with Gasteiger partial charge in [-0.25, -0.2) is 0 Å². The first kappa shape index (κ1) is 22.9. The molecule has 2 heteroatoms. The molecule has 4 unspecified atom stereocenters. The van der Waals surface area contributed by atoms with Crippen LogP contribution in [-0.4, -0.2) is 22.4 Å². The molecular formula is C25H46O2. The van der Waals surface area contributed by atoms with Crippen molar-refractivity contribution in [2.24, 2.45) is 29.6 Å². The zero-order valence-electron chi connectivity index (χ0n) is 18.5. The Bertz CT molecular complexity index is 442. The van der Waals surface area contributed by atoms with Gasteiger partial charge in [-0.15, -0.1) is 0 Å². The van der Waals surface area contributed by atoms with E-state index in [2.05, 4.69) is 33.8 Å². The summed E-state index contributed by atoms with van der Waals surface area (Å²) in [6.45, 7) is 9.21. The average Bonchev–Trinajstić information content (AvgIpc) is 2.63. The van der Waals surface area contributed by atoms with Gasteiger partial charge in [0.1, 0.15) is 0 Å². The number of rotatable bonds is 10. The second-order valence-corrected chi connectivity index (χ2v) is 10.4. The predicted octanol–water partition coefficient (Wildman–Crippen LogP) is 6.50. The summed E-state index contributed by atoms with van der Waals surface area (Å²) in [4.78, 5) is 0. The Morgan fingerprint density at radius 2 is 1.78 bits per heavy atom. The molecule has 0 amide bonds. The Morgan fingerprint density at radius 3 is 2.41 bits per heavy atom. The average molecular weight is 379 g/mol. The molecule has 2 rings (SSSR count). The molecule has 0 aromatic rings. The maximum atomic E-state index is 10.7. The van der Waals surface area contributed by atoms with Crippen LogP contribution >= 0.6 is 0 Å². The summed E-state index contributed by atoms with van der Waals surface area (Å²) in [5, 5.41) is 21.2. The molecule has 0 radical (unpaired) electrons. The van der Waals surface area contributed by atoms with Crippen LogP contribution in [0.1, 0.15) is 105 Å². The molecule has 2 nitrogen and oxygen atoms in total. The lowest BCUT2D eigenvalue weighted by Crippen LogP contribution is -2.23. The minimum Gasteiger partial charge on any atom is -0.393 e. The topological polar surface area (TPSA) is 40.5 Å². The van der Waals surface area contributed by atoms with Gasteiger partial charge in [0.2, 0.25) is 0 Å². The van der Waals surface area contributed by atoms with Crippen molar-refractivity contribution in [2.45, 2.75) is 117 Å². The van der Waals surface area contributed by atoms with Crippen molar-refractivity contribution in [1.29, 1.82) is 0 Å². The fourth-order valence-electron chi connectivity index (χ4n) is 5.25. The van der Waals surface area contributed by atoms with Gasteiger partial charge in [0.15, 0.2) is 0 Å². The van der Waals surface area contributed by atoms with Gasteiger partial charge in [-0.3, -0.25) is 0 Å². The van der Waals surface area contributed by atoms with Gasteiger partial charge in [0.25, 0.3) is 0 Å². The van der Waals surface area contributed by atoms with E-state index in [1.54, 1.807) is 0 Å². The number of hydrogen-bond donors (Lipinski definition) is 2. The van der Waals surface area contributed by atoms with Crippen LogP contribution in [-0.2, 0) is 0 Å². The Morgan fingerprint density at radius 1 is 1.00 bits per heavy atom. The smallest absolute Gasteiger partial charge is 0.0752 e. The maximum Gasteiger partial charge on any atom is 0.0752 e. The fraction of sp³-hybridized carbons (Fsp3) is 0.920. The first-order chi connectivity index (χ1) is 12.8. The highest BCUT2D eigenvalue weighted by Crippen LogP contribution is 2.33. The molecule has 6 atom stereocenters. The third kappa shape index (κ3) is 8.28. The highest BCUT2D eigenvalue weighted by Gasteiger charge is 2.24. The molecule has 158 valence electrons. The zero-order valence-corrected chi connectivity index (χ0v) is 18.5. The molecule has 1 saturated carbocycles. The van der Waals surface area contributed by atoms with Gasteiger partial charge in [0, 0.05) is 0 Å². The van der Waals surface area contributed by atoms with E-state index in [4.69, 9.17) is 0 Å². The lowest BCUT2D eigenvalue weighted by Gasteiger charge is -2.29. The summed E-state index contributed by atoms with van der Waals surface area (Å²) in [5.74, 6) is 3.56. The van der Waals surface area contributed by atoms with Crippen LogP contribution in [0.2, 0.25) is 0 Å². The van der Waals surface area contributed by atoms with Crippen molar-refractivity contribution in [1.82, 2.24) is 0 Å². The molecule has 2 aliphatic rings. The van der Waals surface area contributed by atoms with E-state index < -0.39 is 0 Å². The van der Waals surface area contributed by atoms with Gasteiger partial charge in [-0.1, -0.05) is 53.0 Å². The van der Waals surface area contributed by atoms with Crippen molar-refractivity contribution in [2.75, 3.05) is 0 Å². The van der Waals surface area contributed by atoms with E-state index in [-0.39, 0.29) is 12.2 Å². The van der Waals surface area contributed by atoms with Crippen molar-refractivity contribution in [3.8, 4) is 0 Å². The summed E-state index contributed by atoms with van der Waals surface area (Å²) >= 11 is 0. The summed E-state index contributed by atoms with van der Waals surface area (Å²) in [6.07, 6.45) is 15.7. The Labute approximate surface area is 168 Å². The second-order valence-electron chi connectivity index (χ2n) is 10.4. The SMILES string of the molecule is CC1CC=C(C(O)C[C@H](CC[C@H](O)CCC2CCCC(C)C2)C(C)C)CC1. The number of aliphatic hydroxyl groups excluding tert-OH is 2. The molecular weight excluding hydrogens is 332 g/mol. The molecule has 0 aromatic carbocycles. The molecule has 0 aliphatic heterocycles. The van der Waals surface area contributed by atoms with Crippen molar-refractivity contribution < 1.29 is 10.2 Å². The molecule has 0 heterocycles. The van der Waals surface area contributed by atoms with Gasteiger partial charge in [0.05, 0.1) is 12.2 Å². The summed E-state index contributed by atoms with van der Waals surface area (Å²) in [5.41, 5.74) is 1.27. The highest BCUT2D eigenvalue weighted by molar-refractivity contribution is 5.11. The van der Waals surface area contributed by atoms with Crippen molar-refractivity contribution >= 4 is 0 Å². The lowest BCUT2D eigenvalue weighted by atomic mass is 9.79. The number of allylic oxidation sites excluding steroid dienone is 1. The van der Waals surface area contributed by atoms with E-state index >= 15 is 0 Å². The molecule has 2 N–H and O–H groups in total. The summed E-state index contributed by atoms with van der Waals surface area (Å²) < 4.78 is 0. The van der Waals surface area contributed by atoms with E-state index in [0.717, 1.165) is 56.3 Å². The van der Waals surface area contributed by atoms with Gasteiger partial charge >= 0.3 is 0 Å². The molecule has 27 heavy (non-hydrogen) atoms. The minimum atomic E-state index is -0.272. The van der Waals surface area contributed by atoms with E-state index in [1.807, 2.05) is 0 Å². The van der Waals surface area contributed by atoms with Crippen LogP contribution in [0.4, 0.5) is 0 Å². The van der Waals surface area contributed by atoms with Gasteiger partial charge < -0.3 is 10.2 Å². The summed E-state index contributed by atoms with van der Waals surface area (Å²) in [6, 6.07) is 0. The maximum absolute atomic E-state index is 10.7. The number of hydrogen-bond acceptors (Lipinski definition) is 2. The first-order valence-electron chi connectivity index (χ1n) is 11.9. The van der Waals surface area contributed by atoms with Crippen LogP contribution in [0.3, 0.4) is 0 Å². The minimum absolute atomic E-state index is 0.157. The van der Waals surface area contributed by atoms with Gasteiger partial charge in [-0.2, -0.15) is 0 Å². The zero-order chi connectivity index (χ0) is 19.8. The van der Waals surface area contributed by atoms with E-state index in [1.165, 1.54) is 44.1 Å². The fourth-order valence-corrected chi connectivity index (χ4v) is 5.25. The van der Waals surface area contributed by atoms with Crippen molar-refractivity contribution in [3.05, 3.63) is 11.6 Å². The van der Waals surface area contributed by atoms with Crippen LogP contribution in [0, 0.1) is 29.6 Å². The first-order valence-corrected chi connectivity index (χ1v) is 11.9. The standard InChI is InChI=1S/C25H46O2/c1-18(2)23(17-25(27)22-11-8-19(3)9-12-22)13-15-24(26)14-10-21-7-5-6-20(4)16-21/h11,18-21,23-27H,5-10,12-17H2,1-4H3/t19?,20?,21?,23-,24+,25?/m0/s1. The highest BCUT2D eigenvalue weighted by atomic mass is 16.3. The normalized spacial score (nSPS) is 30.0. The third-order valence-electron chi connectivity index (χ3n) is 7.43. The van der Waals surface area contributed by atoms with Crippen LogP contribution in [0.5, 0.6) is 0 Å². The Balaban J connectivity index is 1.71. The van der Waals surface area contributed by atoms with E-state index in [0.29, 0.717) is 11.8 Å². The molecule has 0 spiro atoms. The largest absolute Gasteiger partial charge is 0.393 e. The Hall–Kier alpha value is -0.340. The van der Waals surface area contributed by atoms with E-state index in [9.17, 15) is 10.2 Å². The monoisotopic (exact) mass is 378 g/mol. The van der Waals surface area contributed by atoms with Crippen LogP contribution in [0.25, 0.3) is 0 Å². The van der Waals surface area contributed by atoms with Crippen LogP contribution < -0.4 is 0 Å². The lowest BCUT2D eigenvalue weighted by molar-refractivity contribution is 0.109. The van der Waals surface area contributed by atoms with Gasteiger partial charge in [-0.05, 0) is 93.0 Å². The predicted molar refractivity (Wildman–Crippen MR) is 116 cm³/mol. The molecule has 1 fully saturated rings. The van der Waals surface area contributed by atoms with Crippen LogP contribution in [0.15, 0.2) is 11.6 Å². The summed E-state index contributed by atoms with van der Waals surface area (Å²) in [7, 11) is 0. The molecule has 0 bridgehead atoms. The second kappa shape index (κ2) is 11.6. The van der Waals surface area contributed by atoms with Crippen molar-refractivity contribution in [3.63, 3.8) is 0 Å². The molecule has 0 aromatic heterocycles. The quantitative estimate of drug-likeness (QED) is 0.426. The number of aliphatic hydroxyl groups is 2.